The van der Waals surface area contributed by atoms with E-state index in [2.05, 4.69) is 5.32 Å². The van der Waals surface area contributed by atoms with Crippen molar-refractivity contribution in [3.63, 3.8) is 0 Å². The van der Waals surface area contributed by atoms with Gasteiger partial charge in [0.2, 0.25) is 0 Å². The second-order valence-corrected chi connectivity index (χ2v) is 4.13. The highest BCUT2D eigenvalue weighted by molar-refractivity contribution is 7.80. The first-order valence-corrected chi connectivity index (χ1v) is 6.52. The standard InChI is InChI=1S/C13H18N2O4S/c1-4-18-10-6-8(12(16)17-3)9(15-13(14)20)7-11(10)19-5-2/h6-7H,4-5H2,1-3H3,(H3,14,15,20). The van der Waals surface area contributed by atoms with Gasteiger partial charge >= 0.3 is 5.97 Å². The van der Waals surface area contributed by atoms with Gasteiger partial charge < -0.3 is 25.3 Å². The molecule has 6 nitrogen and oxygen atoms in total. The molecule has 7 heteroatoms. The van der Waals surface area contributed by atoms with E-state index < -0.39 is 5.97 Å². The van der Waals surface area contributed by atoms with Crippen molar-refractivity contribution in [3.05, 3.63) is 17.7 Å². The summed E-state index contributed by atoms with van der Waals surface area (Å²) in [4.78, 5) is 11.8. The van der Waals surface area contributed by atoms with Gasteiger partial charge in [-0.25, -0.2) is 4.79 Å². The summed E-state index contributed by atoms with van der Waals surface area (Å²) in [5.74, 6) is 0.441. The molecular weight excluding hydrogens is 280 g/mol. The fraction of sp³-hybridized carbons (Fsp3) is 0.385. The molecule has 0 spiro atoms. The molecule has 1 rings (SSSR count). The van der Waals surface area contributed by atoms with Crippen molar-refractivity contribution in [3.8, 4) is 11.5 Å². The summed E-state index contributed by atoms with van der Waals surface area (Å²) in [6, 6.07) is 3.15. The van der Waals surface area contributed by atoms with Gasteiger partial charge in [0.05, 0.1) is 31.6 Å². The van der Waals surface area contributed by atoms with Crippen LogP contribution < -0.4 is 20.5 Å². The van der Waals surface area contributed by atoms with Crippen LogP contribution in [0.1, 0.15) is 24.2 Å². The van der Waals surface area contributed by atoms with E-state index in [1.807, 2.05) is 13.8 Å². The number of hydrogen-bond donors (Lipinski definition) is 2. The van der Waals surface area contributed by atoms with E-state index in [4.69, 9.17) is 32.2 Å². The molecule has 0 atom stereocenters. The first-order valence-electron chi connectivity index (χ1n) is 6.11. The third kappa shape index (κ3) is 3.99. The minimum atomic E-state index is -0.521. The molecule has 110 valence electrons. The smallest absolute Gasteiger partial charge is 0.340 e. The van der Waals surface area contributed by atoms with Crippen LogP contribution in [0, 0.1) is 0 Å². The summed E-state index contributed by atoms with van der Waals surface area (Å²) in [6.45, 7) is 4.60. The second-order valence-electron chi connectivity index (χ2n) is 3.69. The molecule has 0 radical (unpaired) electrons. The van der Waals surface area contributed by atoms with Gasteiger partial charge in [-0.2, -0.15) is 0 Å². The number of carbonyl (C=O) groups is 1. The van der Waals surface area contributed by atoms with Crippen molar-refractivity contribution in [1.29, 1.82) is 0 Å². The zero-order valence-electron chi connectivity index (χ0n) is 11.7. The third-order valence-electron chi connectivity index (χ3n) is 2.35. The highest BCUT2D eigenvalue weighted by Gasteiger charge is 2.18. The molecule has 0 aliphatic heterocycles. The van der Waals surface area contributed by atoms with Gasteiger partial charge in [0, 0.05) is 12.1 Å². The number of anilines is 1. The first kappa shape index (κ1) is 16.0. The molecule has 0 saturated heterocycles. The maximum Gasteiger partial charge on any atom is 0.340 e. The van der Waals surface area contributed by atoms with E-state index in [1.165, 1.54) is 7.11 Å². The minimum absolute atomic E-state index is 0.0433. The summed E-state index contributed by atoms with van der Waals surface area (Å²) < 4.78 is 15.7. The van der Waals surface area contributed by atoms with E-state index in [1.54, 1.807) is 12.1 Å². The average Bonchev–Trinajstić information content (AvgIpc) is 2.40. The number of thiocarbonyl (C=S) groups is 1. The van der Waals surface area contributed by atoms with Crippen LogP contribution in [0.4, 0.5) is 5.69 Å². The number of hydrogen-bond acceptors (Lipinski definition) is 5. The van der Waals surface area contributed by atoms with Crippen LogP contribution in [-0.2, 0) is 4.74 Å². The number of nitrogens with one attached hydrogen (secondary N) is 1. The molecule has 0 bridgehead atoms. The lowest BCUT2D eigenvalue weighted by Crippen LogP contribution is -2.21. The lowest BCUT2D eigenvalue weighted by atomic mass is 10.1. The Hall–Kier alpha value is -2.02. The lowest BCUT2D eigenvalue weighted by molar-refractivity contribution is 0.0601. The Morgan fingerprint density at radius 1 is 1.25 bits per heavy atom. The van der Waals surface area contributed by atoms with Crippen molar-refractivity contribution in [1.82, 2.24) is 0 Å². The molecule has 1 aromatic rings. The van der Waals surface area contributed by atoms with Crippen molar-refractivity contribution < 1.29 is 19.0 Å². The Morgan fingerprint density at radius 3 is 2.25 bits per heavy atom. The van der Waals surface area contributed by atoms with Gasteiger partial charge in [-0.15, -0.1) is 0 Å². The predicted octanol–water partition coefficient (Wildman–Crippen LogP) is 1.93. The Morgan fingerprint density at radius 2 is 1.80 bits per heavy atom. The molecular formula is C13H18N2O4S. The zero-order valence-corrected chi connectivity index (χ0v) is 12.5. The second kappa shape index (κ2) is 7.54. The summed E-state index contributed by atoms with van der Waals surface area (Å²) >= 11 is 4.79. The molecule has 0 unspecified atom stereocenters. The van der Waals surface area contributed by atoms with Crippen LogP contribution in [0.15, 0.2) is 12.1 Å². The monoisotopic (exact) mass is 298 g/mol. The van der Waals surface area contributed by atoms with Crippen molar-refractivity contribution >= 4 is 29.0 Å². The molecule has 0 saturated carbocycles. The largest absolute Gasteiger partial charge is 0.490 e. The summed E-state index contributed by atoms with van der Waals surface area (Å²) in [6.07, 6.45) is 0. The van der Waals surface area contributed by atoms with Gasteiger partial charge in [-0.05, 0) is 26.1 Å². The fourth-order valence-electron chi connectivity index (χ4n) is 1.61. The van der Waals surface area contributed by atoms with E-state index >= 15 is 0 Å². The number of nitrogens with two attached hydrogens (primary N) is 1. The normalized spacial score (nSPS) is 9.75. The van der Waals surface area contributed by atoms with Crippen LogP contribution in [0.25, 0.3) is 0 Å². The Labute approximate surface area is 123 Å². The van der Waals surface area contributed by atoms with Crippen LogP contribution in [0.5, 0.6) is 11.5 Å². The maximum atomic E-state index is 11.8. The van der Waals surface area contributed by atoms with E-state index in [0.29, 0.717) is 30.4 Å². The minimum Gasteiger partial charge on any atom is -0.490 e. The van der Waals surface area contributed by atoms with Gasteiger partial charge in [0.25, 0.3) is 0 Å². The van der Waals surface area contributed by atoms with E-state index in [0.717, 1.165) is 0 Å². The van der Waals surface area contributed by atoms with Crippen molar-refractivity contribution in [2.75, 3.05) is 25.6 Å². The quantitative estimate of drug-likeness (QED) is 0.613. The third-order valence-corrected chi connectivity index (χ3v) is 2.45. The van der Waals surface area contributed by atoms with Gasteiger partial charge in [-0.1, -0.05) is 0 Å². The van der Waals surface area contributed by atoms with Crippen LogP contribution in [-0.4, -0.2) is 31.4 Å². The fourth-order valence-corrected chi connectivity index (χ4v) is 1.72. The highest BCUT2D eigenvalue weighted by atomic mass is 32.1. The molecule has 20 heavy (non-hydrogen) atoms. The molecule has 0 amide bonds. The molecule has 0 heterocycles. The van der Waals surface area contributed by atoms with Crippen LogP contribution in [0.2, 0.25) is 0 Å². The number of benzene rings is 1. The molecule has 0 aliphatic rings. The predicted molar refractivity (Wildman–Crippen MR) is 80.5 cm³/mol. The number of ether oxygens (including phenoxy) is 3. The number of methoxy groups -OCH3 is 1. The van der Waals surface area contributed by atoms with Crippen LogP contribution >= 0.6 is 12.2 Å². The molecule has 1 aromatic carbocycles. The summed E-state index contributed by atoms with van der Waals surface area (Å²) in [5.41, 5.74) is 6.14. The number of esters is 1. The molecule has 3 N–H and O–H groups in total. The van der Waals surface area contributed by atoms with Crippen molar-refractivity contribution in [2.45, 2.75) is 13.8 Å². The highest BCUT2D eigenvalue weighted by Crippen LogP contribution is 2.34. The van der Waals surface area contributed by atoms with Gasteiger partial charge in [-0.3, -0.25) is 0 Å². The zero-order chi connectivity index (χ0) is 15.1. The van der Waals surface area contributed by atoms with Crippen LogP contribution in [0.3, 0.4) is 0 Å². The first-order chi connectivity index (χ1) is 9.53. The Balaban J connectivity index is 3.34. The maximum absolute atomic E-state index is 11.8. The Bertz CT molecular complexity index is 505. The molecule has 0 aliphatic carbocycles. The average molecular weight is 298 g/mol. The summed E-state index contributed by atoms with van der Waals surface area (Å²) in [5, 5.41) is 2.77. The SMILES string of the molecule is CCOc1cc(NC(N)=S)c(C(=O)OC)cc1OCC. The van der Waals surface area contributed by atoms with Gasteiger partial charge in [0.15, 0.2) is 16.6 Å². The van der Waals surface area contributed by atoms with Crippen molar-refractivity contribution in [2.24, 2.45) is 5.73 Å². The molecule has 0 fully saturated rings. The van der Waals surface area contributed by atoms with E-state index in [9.17, 15) is 4.79 Å². The topological polar surface area (TPSA) is 82.8 Å². The summed E-state index contributed by atoms with van der Waals surface area (Å²) in [7, 11) is 1.30. The molecule has 0 aromatic heterocycles. The number of carbonyl (C=O) groups excluding carboxylic acids is 1. The lowest BCUT2D eigenvalue weighted by Gasteiger charge is -2.16. The Kier molecular flexibility index (Phi) is 6.05. The van der Waals surface area contributed by atoms with Gasteiger partial charge in [0.1, 0.15) is 0 Å². The number of rotatable bonds is 6. The van der Waals surface area contributed by atoms with E-state index in [-0.39, 0.29) is 10.7 Å².